The zero-order valence-electron chi connectivity index (χ0n) is 8.91. The Morgan fingerprint density at radius 3 is 2.50 bits per heavy atom. The van der Waals surface area contributed by atoms with Gasteiger partial charge in [0.2, 0.25) is 5.79 Å². The molecular formula is C11H18O3. The third kappa shape index (κ3) is 1.72. The fourth-order valence-corrected chi connectivity index (χ4v) is 2.24. The van der Waals surface area contributed by atoms with Crippen LogP contribution >= 0.6 is 0 Å². The first kappa shape index (κ1) is 10.1. The lowest BCUT2D eigenvalue weighted by molar-refractivity contribution is -0.492. The molecule has 2 fully saturated rings. The van der Waals surface area contributed by atoms with Crippen LogP contribution in [-0.4, -0.2) is 18.0 Å². The summed E-state index contributed by atoms with van der Waals surface area (Å²) in [6.45, 7) is 7.81. The molecule has 0 radical (unpaired) electrons. The summed E-state index contributed by atoms with van der Waals surface area (Å²) in [6, 6.07) is 0. The van der Waals surface area contributed by atoms with Gasteiger partial charge in [0.25, 0.3) is 0 Å². The Kier molecular flexibility index (Phi) is 2.64. The molecule has 14 heavy (non-hydrogen) atoms. The molecule has 3 nitrogen and oxygen atoms in total. The lowest BCUT2D eigenvalue weighted by Gasteiger charge is -2.40. The molecule has 80 valence electrons. The Balaban J connectivity index is 2.02. The highest BCUT2D eigenvalue weighted by Gasteiger charge is 2.45. The lowest BCUT2D eigenvalue weighted by Crippen LogP contribution is -2.48. The standard InChI is InChI=1S/C11H18O3/c1-8(2)10-9(3)12-11(14-13-10)6-4-5-7-11/h9-10H,1,4-7H2,2-3H3/t9-,10+/m0/s1. The van der Waals surface area contributed by atoms with Crippen LogP contribution in [0.25, 0.3) is 0 Å². The van der Waals surface area contributed by atoms with Crippen LogP contribution in [0.3, 0.4) is 0 Å². The van der Waals surface area contributed by atoms with Crippen molar-refractivity contribution in [1.29, 1.82) is 0 Å². The van der Waals surface area contributed by atoms with Crippen molar-refractivity contribution in [3.8, 4) is 0 Å². The van der Waals surface area contributed by atoms with Crippen LogP contribution in [0, 0.1) is 0 Å². The van der Waals surface area contributed by atoms with E-state index in [1.165, 1.54) is 0 Å². The Morgan fingerprint density at radius 1 is 1.36 bits per heavy atom. The fraction of sp³-hybridized carbons (Fsp3) is 0.818. The summed E-state index contributed by atoms with van der Waals surface area (Å²) in [6.07, 6.45) is 4.13. The average Bonchev–Trinajstić information content (AvgIpc) is 2.52. The molecule has 1 spiro atoms. The third-order valence-electron chi connectivity index (χ3n) is 2.98. The lowest BCUT2D eigenvalue weighted by atomic mass is 10.1. The highest BCUT2D eigenvalue weighted by atomic mass is 17.2. The smallest absolute Gasteiger partial charge is 0.201 e. The van der Waals surface area contributed by atoms with E-state index in [9.17, 15) is 0 Å². The van der Waals surface area contributed by atoms with Crippen LogP contribution in [0.4, 0.5) is 0 Å². The Labute approximate surface area is 85.0 Å². The normalized spacial score (nSPS) is 36.1. The van der Waals surface area contributed by atoms with E-state index in [-0.39, 0.29) is 12.2 Å². The molecule has 1 aliphatic heterocycles. The Bertz CT molecular complexity index is 231. The first-order valence-electron chi connectivity index (χ1n) is 5.31. The maximum atomic E-state index is 5.90. The van der Waals surface area contributed by atoms with Crippen LogP contribution < -0.4 is 0 Å². The predicted molar refractivity (Wildman–Crippen MR) is 52.5 cm³/mol. The van der Waals surface area contributed by atoms with E-state index in [1.807, 2.05) is 13.8 Å². The van der Waals surface area contributed by atoms with Crippen LogP contribution in [0.15, 0.2) is 12.2 Å². The van der Waals surface area contributed by atoms with E-state index in [4.69, 9.17) is 14.5 Å². The van der Waals surface area contributed by atoms with Gasteiger partial charge in [-0.3, -0.25) is 0 Å². The van der Waals surface area contributed by atoms with E-state index in [0.717, 1.165) is 31.3 Å². The second kappa shape index (κ2) is 3.65. The third-order valence-corrected chi connectivity index (χ3v) is 2.98. The van der Waals surface area contributed by atoms with Gasteiger partial charge in [-0.05, 0) is 32.3 Å². The molecule has 0 bridgehead atoms. The summed E-state index contributed by atoms with van der Waals surface area (Å²) in [4.78, 5) is 10.8. The van der Waals surface area contributed by atoms with E-state index >= 15 is 0 Å². The van der Waals surface area contributed by atoms with Gasteiger partial charge < -0.3 is 4.74 Å². The van der Waals surface area contributed by atoms with Gasteiger partial charge in [-0.15, -0.1) is 0 Å². The summed E-state index contributed by atoms with van der Waals surface area (Å²) < 4.78 is 5.90. The van der Waals surface area contributed by atoms with Crippen molar-refractivity contribution < 1.29 is 14.5 Å². The molecule has 2 aliphatic rings. The molecule has 3 heteroatoms. The maximum Gasteiger partial charge on any atom is 0.201 e. The second-order valence-corrected chi connectivity index (χ2v) is 4.39. The summed E-state index contributed by atoms with van der Waals surface area (Å²) >= 11 is 0. The van der Waals surface area contributed by atoms with E-state index in [2.05, 4.69) is 6.58 Å². The first-order chi connectivity index (χ1) is 6.63. The second-order valence-electron chi connectivity index (χ2n) is 4.39. The average molecular weight is 198 g/mol. The highest BCUT2D eigenvalue weighted by Crippen LogP contribution is 2.40. The van der Waals surface area contributed by atoms with Crippen molar-refractivity contribution in [1.82, 2.24) is 0 Å². The summed E-state index contributed by atoms with van der Waals surface area (Å²) in [5, 5.41) is 0. The first-order valence-corrected chi connectivity index (χ1v) is 5.31. The molecular weight excluding hydrogens is 180 g/mol. The van der Waals surface area contributed by atoms with Crippen molar-refractivity contribution in [3.05, 3.63) is 12.2 Å². The quantitative estimate of drug-likeness (QED) is 0.478. The van der Waals surface area contributed by atoms with Crippen molar-refractivity contribution >= 4 is 0 Å². The highest BCUT2D eigenvalue weighted by molar-refractivity contribution is 5.02. The molecule has 0 aromatic heterocycles. The summed E-state index contributed by atoms with van der Waals surface area (Å²) in [5.74, 6) is -0.453. The number of hydrogen-bond acceptors (Lipinski definition) is 3. The Hall–Kier alpha value is -0.380. The molecule has 1 saturated carbocycles. The van der Waals surface area contributed by atoms with E-state index in [0.29, 0.717) is 0 Å². The molecule has 1 saturated heterocycles. The molecule has 1 heterocycles. The minimum absolute atomic E-state index is 0.0411. The molecule has 2 rings (SSSR count). The molecule has 1 aliphatic carbocycles. The monoisotopic (exact) mass is 198 g/mol. The largest absolute Gasteiger partial charge is 0.341 e. The van der Waals surface area contributed by atoms with Gasteiger partial charge in [-0.25, -0.2) is 9.78 Å². The van der Waals surface area contributed by atoms with Crippen LogP contribution in [-0.2, 0) is 14.5 Å². The van der Waals surface area contributed by atoms with Gasteiger partial charge in [0.05, 0.1) is 6.10 Å². The molecule has 0 aromatic rings. The molecule has 0 N–H and O–H groups in total. The minimum Gasteiger partial charge on any atom is -0.341 e. The topological polar surface area (TPSA) is 27.7 Å². The van der Waals surface area contributed by atoms with E-state index < -0.39 is 5.79 Å². The van der Waals surface area contributed by atoms with Gasteiger partial charge in [0, 0.05) is 12.8 Å². The number of rotatable bonds is 1. The van der Waals surface area contributed by atoms with Gasteiger partial charge >= 0.3 is 0 Å². The SMILES string of the molecule is C=C(C)[C@H]1OOC2(CCCC2)O[C@H]1C. The molecule has 0 unspecified atom stereocenters. The molecule has 2 atom stereocenters. The molecule has 0 aromatic carbocycles. The summed E-state index contributed by atoms with van der Waals surface area (Å²) in [7, 11) is 0. The Morgan fingerprint density at radius 2 is 2.00 bits per heavy atom. The maximum absolute atomic E-state index is 5.90. The number of ether oxygens (including phenoxy) is 1. The van der Waals surface area contributed by atoms with Crippen molar-refractivity contribution in [3.63, 3.8) is 0 Å². The predicted octanol–water partition coefficient (Wildman–Crippen LogP) is 2.57. The van der Waals surface area contributed by atoms with Crippen molar-refractivity contribution in [2.75, 3.05) is 0 Å². The number of hydrogen-bond donors (Lipinski definition) is 0. The van der Waals surface area contributed by atoms with Crippen molar-refractivity contribution in [2.45, 2.75) is 57.5 Å². The van der Waals surface area contributed by atoms with Crippen molar-refractivity contribution in [2.24, 2.45) is 0 Å². The summed E-state index contributed by atoms with van der Waals surface area (Å²) in [5.41, 5.74) is 0.949. The molecule has 0 amide bonds. The van der Waals surface area contributed by atoms with Crippen LogP contribution in [0.2, 0.25) is 0 Å². The van der Waals surface area contributed by atoms with Gasteiger partial charge in [-0.2, -0.15) is 0 Å². The zero-order valence-corrected chi connectivity index (χ0v) is 8.91. The minimum atomic E-state index is -0.453. The van der Waals surface area contributed by atoms with E-state index in [1.54, 1.807) is 0 Å². The fourth-order valence-electron chi connectivity index (χ4n) is 2.24. The van der Waals surface area contributed by atoms with Gasteiger partial charge in [0.1, 0.15) is 6.10 Å². The van der Waals surface area contributed by atoms with Crippen LogP contribution in [0.5, 0.6) is 0 Å². The van der Waals surface area contributed by atoms with Crippen LogP contribution in [0.1, 0.15) is 39.5 Å². The van der Waals surface area contributed by atoms with Gasteiger partial charge in [-0.1, -0.05) is 6.58 Å². The zero-order chi connectivity index (χ0) is 10.2. The van der Waals surface area contributed by atoms with Gasteiger partial charge in [0.15, 0.2) is 0 Å².